The summed E-state index contributed by atoms with van der Waals surface area (Å²) in [6.45, 7) is 10.3. The number of ether oxygens (including phenoxy) is 2. The maximum Gasteiger partial charge on any atom is 0.339 e. The van der Waals surface area contributed by atoms with Crippen LogP contribution in [0.3, 0.4) is 0 Å². The van der Waals surface area contributed by atoms with E-state index in [9.17, 15) is 9.67 Å². The zero-order valence-electron chi connectivity index (χ0n) is 15.0. The topological polar surface area (TPSA) is 55.8 Å². The standard InChI is InChI=1S/C17H31BO4P/c1-9(2)16-13(11(4)17(18)22-16)8-23(20)7-6-14-15(19)10(3)12(5)21-14/h9-17,19H,6-8H2,1-5H3/q+1/t10?,11?,12-,13+,14+,15+,16+,17+/m0/s1. The molecule has 0 bridgehead atoms. The summed E-state index contributed by atoms with van der Waals surface area (Å²) in [5.74, 6) is 1.00. The van der Waals surface area contributed by atoms with Gasteiger partial charge in [0.25, 0.3) is 0 Å². The predicted octanol–water partition coefficient (Wildman–Crippen LogP) is 2.79. The van der Waals surface area contributed by atoms with Crippen molar-refractivity contribution in [3.8, 4) is 0 Å². The molecule has 4 nitrogen and oxygen atoms in total. The molecule has 2 fully saturated rings. The van der Waals surface area contributed by atoms with Gasteiger partial charge < -0.3 is 14.6 Å². The first-order chi connectivity index (χ1) is 10.7. The lowest BCUT2D eigenvalue weighted by Crippen LogP contribution is -2.28. The Morgan fingerprint density at radius 2 is 1.83 bits per heavy atom. The van der Waals surface area contributed by atoms with Crippen LogP contribution >= 0.6 is 7.80 Å². The first-order valence-electron chi connectivity index (χ1n) is 8.89. The molecular formula is C17H31BO4P+. The van der Waals surface area contributed by atoms with Crippen molar-refractivity contribution in [2.24, 2.45) is 23.7 Å². The first-order valence-corrected chi connectivity index (χ1v) is 10.5. The number of aliphatic hydroxyl groups is 1. The van der Waals surface area contributed by atoms with Gasteiger partial charge in [0, 0.05) is 24.3 Å². The van der Waals surface area contributed by atoms with E-state index < -0.39 is 13.9 Å². The van der Waals surface area contributed by atoms with E-state index in [0.717, 1.165) is 0 Å². The lowest BCUT2D eigenvalue weighted by Gasteiger charge is -2.20. The zero-order valence-corrected chi connectivity index (χ0v) is 15.9. The Hall–Kier alpha value is 0.0449. The smallest absolute Gasteiger partial charge is 0.339 e. The maximum absolute atomic E-state index is 12.6. The van der Waals surface area contributed by atoms with Crippen molar-refractivity contribution < 1.29 is 19.1 Å². The molecule has 0 aromatic heterocycles. The normalized spacial score (nSPS) is 44.9. The minimum Gasteiger partial charge on any atom is -0.390 e. The fraction of sp³-hybridized carbons (Fsp3) is 1.00. The monoisotopic (exact) mass is 341 g/mol. The van der Waals surface area contributed by atoms with Crippen molar-refractivity contribution >= 4 is 15.6 Å². The second-order valence-electron chi connectivity index (χ2n) is 7.74. The summed E-state index contributed by atoms with van der Waals surface area (Å²) in [4.78, 5) is 0. The third-order valence-electron chi connectivity index (χ3n) is 5.71. The number of hydrogen-bond acceptors (Lipinski definition) is 4. The van der Waals surface area contributed by atoms with Crippen LogP contribution in [0.5, 0.6) is 0 Å². The molecule has 130 valence electrons. The summed E-state index contributed by atoms with van der Waals surface area (Å²) in [5, 5.41) is 10.2. The molecule has 2 aliphatic heterocycles. The number of rotatable bonds is 6. The van der Waals surface area contributed by atoms with Crippen molar-refractivity contribution in [1.82, 2.24) is 0 Å². The minimum absolute atomic E-state index is 0.0689. The fourth-order valence-corrected chi connectivity index (χ4v) is 5.54. The molecule has 0 spiro atoms. The van der Waals surface area contributed by atoms with Gasteiger partial charge in [-0.3, -0.25) is 0 Å². The largest absolute Gasteiger partial charge is 0.390 e. The molecule has 2 radical (unpaired) electrons. The Bertz CT molecular complexity index is 419. The quantitative estimate of drug-likeness (QED) is 0.596. The average molecular weight is 341 g/mol. The summed E-state index contributed by atoms with van der Waals surface area (Å²) in [6, 6.07) is -0.252. The molecule has 0 aromatic rings. The van der Waals surface area contributed by atoms with Gasteiger partial charge in [0.1, 0.15) is 14.0 Å². The summed E-state index contributed by atoms with van der Waals surface area (Å²) >= 11 is 0. The maximum atomic E-state index is 12.6. The van der Waals surface area contributed by atoms with Crippen molar-refractivity contribution in [3.63, 3.8) is 0 Å². The highest BCUT2D eigenvalue weighted by atomic mass is 31.1. The summed E-state index contributed by atoms with van der Waals surface area (Å²) < 4.78 is 24.2. The Balaban J connectivity index is 1.85. The van der Waals surface area contributed by atoms with E-state index in [1.807, 2.05) is 13.8 Å². The third-order valence-corrected chi connectivity index (χ3v) is 7.30. The van der Waals surface area contributed by atoms with Gasteiger partial charge in [-0.05, 0) is 18.8 Å². The van der Waals surface area contributed by atoms with Gasteiger partial charge in [0.15, 0.2) is 6.16 Å². The Labute approximate surface area is 142 Å². The van der Waals surface area contributed by atoms with Crippen LogP contribution in [0, 0.1) is 23.7 Å². The van der Waals surface area contributed by atoms with Crippen LogP contribution in [-0.2, 0) is 14.0 Å². The molecule has 2 aliphatic rings. The van der Waals surface area contributed by atoms with E-state index in [1.54, 1.807) is 0 Å². The minimum atomic E-state index is -1.33. The van der Waals surface area contributed by atoms with Crippen molar-refractivity contribution in [2.75, 3.05) is 12.3 Å². The van der Waals surface area contributed by atoms with Gasteiger partial charge in [0.2, 0.25) is 0 Å². The average Bonchev–Trinajstić information content (AvgIpc) is 2.90. The van der Waals surface area contributed by atoms with E-state index >= 15 is 0 Å². The van der Waals surface area contributed by atoms with Gasteiger partial charge in [0.05, 0.1) is 24.4 Å². The van der Waals surface area contributed by atoms with E-state index in [1.165, 1.54) is 0 Å². The zero-order chi connectivity index (χ0) is 17.3. The molecule has 3 unspecified atom stereocenters. The first kappa shape index (κ1) is 19.4. The lowest BCUT2D eigenvalue weighted by molar-refractivity contribution is 0.0149. The van der Waals surface area contributed by atoms with E-state index in [0.29, 0.717) is 24.7 Å². The predicted molar refractivity (Wildman–Crippen MR) is 93.4 cm³/mol. The van der Waals surface area contributed by atoms with Crippen LogP contribution in [0.4, 0.5) is 0 Å². The Kier molecular flexibility index (Phi) is 6.70. The molecule has 9 atom stereocenters. The molecule has 2 saturated heterocycles. The summed E-state index contributed by atoms with van der Waals surface area (Å²) in [5.41, 5.74) is 0. The van der Waals surface area contributed by atoms with Crippen LogP contribution in [0.15, 0.2) is 0 Å². The van der Waals surface area contributed by atoms with Gasteiger partial charge in [-0.2, -0.15) is 0 Å². The van der Waals surface area contributed by atoms with Crippen LogP contribution in [0.2, 0.25) is 0 Å². The second-order valence-corrected chi connectivity index (χ2v) is 9.51. The van der Waals surface area contributed by atoms with Crippen LogP contribution in [0.25, 0.3) is 0 Å². The van der Waals surface area contributed by atoms with Gasteiger partial charge in [-0.15, -0.1) is 0 Å². The summed E-state index contributed by atoms with van der Waals surface area (Å²) in [7, 11) is 4.70. The van der Waals surface area contributed by atoms with Crippen molar-refractivity contribution in [3.05, 3.63) is 0 Å². The molecular weight excluding hydrogens is 310 g/mol. The SMILES string of the molecule is [B][C@@H]1O[C@H](C(C)C)[C@H](C[P+](=O)CC[C@H]2O[C@@H](C)C(C)[C@H]2O)C1C. The molecule has 0 aromatic carbocycles. The molecule has 0 aliphatic carbocycles. The number of aliphatic hydroxyl groups excluding tert-OH is 1. The second kappa shape index (κ2) is 7.95. The van der Waals surface area contributed by atoms with E-state index in [-0.39, 0.29) is 42.1 Å². The van der Waals surface area contributed by atoms with Gasteiger partial charge >= 0.3 is 7.80 Å². The molecule has 1 N–H and O–H groups in total. The van der Waals surface area contributed by atoms with E-state index in [4.69, 9.17) is 17.3 Å². The highest BCUT2D eigenvalue weighted by Gasteiger charge is 2.45. The van der Waals surface area contributed by atoms with Crippen LogP contribution in [0.1, 0.15) is 41.0 Å². The molecule has 2 heterocycles. The van der Waals surface area contributed by atoms with Crippen LogP contribution < -0.4 is 0 Å². The highest BCUT2D eigenvalue weighted by Crippen LogP contribution is 2.41. The highest BCUT2D eigenvalue weighted by molar-refractivity contribution is 7.44. The fourth-order valence-electron chi connectivity index (χ4n) is 3.80. The Morgan fingerprint density at radius 3 is 2.35 bits per heavy atom. The van der Waals surface area contributed by atoms with E-state index in [2.05, 4.69) is 20.8 Å². The van der Waals surface area contributed by atoms with Crippen molar-refractivity contribution in [1.29, 1.82) is 0 Å². The van der Waals surface area contributed by atoms with Crippen LogP contribution in [-0.4, -0.2) is 55.7 Å². The molecule has 2 rings (SSSR count). The van der Waals surface area contributed by atoms with Gasteiger partial charge in [-0.1, -0.05) is 32.3 Å². The molecule has 23 heavy (non-hydrogen) atoms. The number of hydrogen-bond donors (Lipinski definition) is 1. The third kappa shape index (κ3) is 4.37. The molecule has 6 heteroatoms. The van der Waals surface area contributed by atoms with Gasteiger partial charge in [-0.25, -0.2) is 0 Å². The van der Waals surface area contributed by atoms with Crippen molar-refractivity contribution in [2.45, 2.75) is 71.5 Å². The lowest BCUT2D eigenvalue weighted by atomic mass is 9.80. The Morgan fingerprint density at radius 1 is 1.17 bits per heavy atom. The molecule has 0 saturated carbocycles. The summed E-state index contributed by atoms with van der Waals surface area (Å²) in [6.07, 6.45) is 1.44. The molecule has 0 amide bonds.